The van der Waals surface area contributed by atoms with Crippen LogP contribution in [0.4, 0.5) is 0 Å². The lowest BCUT2D eigenvalue weighted by molar-refractivity contribution is 0.120. The van der Waals surface area contributed by atoms with E-state index in [1.807, 2.05) is 0 Å². The number of aliphatic imine (C=N–C) groups is 1. The van der Waals surface area contributed by atoms with Crippen LogP contribution in [-0.2, 0) is 13.1 Å². The van der Waals surface area contributed by atoms with Gasteiger partial charge in [-0.3, -0.25) is 4.90 Å². The molecule has 1 aliphatic carbocycles. The number of benzene rings is 1. The molecule has 0 atom stereocenters. The molecule has 152 valence electrons. The van der Waals surface area contributed by atoms with Crippen LogP contribution >= 0.6 is 24.0 Å². The first kappa shape index (κ1) is 22.4. The normalized spacial score (nSPS) is 23.7. The van der Waals surface area contributed by atoms with Crippen molar-refractivity contribution >= 4 is 29.9 Å². The average Bonchev–Trinajstić information content (AvgIpc) is 3.16. The van der Waals surface area contributed by atoms with E-state index in [4.69, 9.17) is 4.99 Å². The summed E-state index contributed by atoms with van der Waals surface area (Å²) in [5.41, 5.74) is 2.64. The Labute approximate surface area is 181 Å². The van der Waals surface area contributed by atoms with E-state index >= 15 is 0 Å². The summed E-state index contributed by atoms with van der Waals surface area (Å²) in [6.07, 6.45) is 6.35. The summed E-state index contributed by atoms with van der Waals surface area (Å²) in [6, 6.07) is 9.31. The zero-order valence-electron chi connectivity index (χ0n) is 16.5. The van der Waals surface area contributed by atoms with Crippen LogP contribution in [0.15, 0.2) is 29.3 Å². The predicted octanol–water partition coefficient (Wildman–Crippen LogP) is 3.26. The number of guanidine groups is 1. The Morgan fingerprint density at radius 1 is 1.07 bits per heavy atom. The average molecular weight is 486 g/mol. The maximum Gasteiger partial charge on any atom is 0.191 e. The molecule has 0 aromatic heterocycles. The quantitative estimate of drug-likeness (QED) is 0.328. The molecule has 6 heteroatoms. The van der Waals surface area contributed by atoms with Crippen LogP contribution in [0.3, 0.4) is 0 Å². The summed E-state index contributed by atoms with van der Waals surface area (Å²) >= 11 is 0. The van der Waals surface area contributed by atoms with Crippen LogP contribution in [0.1, 0.15) is 56.6 Å². The van der Waals surface area contributed by atoms with Gasteiger partial charge in [-0.05, 0) is 69.7 Å². The fourth-order valence-electron chi connectivity index (χ4n) is 3.85. The van der Waals surface area contributed by atoms with E-state index in [9.17, 15) is 5.11 Å². The first-order chi connectivity index (χ1) is 12.7. The van der Waals surface area contributed by atoms with Crippen molar-refractivity contribution in [3.63, 3.8) is 0 Å². The zero-order chi connectivity index (χ0) is 18.2. The van der Waals surface area contributed by atoms with Crippen molar-refractivity contribution in [2.24, 2.45) is 4.99 Å². The summed E-state index contributed by atoms with van der Waals surface area (Å²) in [5.74, 6) is 0.884. The van der Waals surface area contributed by atoms with Crippen LogP contribution in [0.5, 0.6) is 0 Å². The monoisotopic (exact) mass is 486 g/mol. The summed E-state index contributed by atoms with van der Waals surface area (Å²) in [7, 11) is 0. The van der Waals surface area contributed by atoms with Gasteiger partial charge >= 0.3 is 0 Å². The van der Waals surface area contributed by atoms with Crippen LogP contribution < -0.4 is 10.6 Å². The highest BCUT2D eigenvalue weighted by molar-refractivity contribution is 14.0. The minimum absolute atomic E-state index is 0. The van der Waals surface area contributed by atoms with Gasteiger partial charge < -0.3 is 15.7 Å². The summed E-state index contributed by atoms with van der Waals surface area (Å²) in [6.45, 7) is 7.19. The molecule has 0 radical (unpaired) electrons. The molecule has 0 unspecified atom stereocenters. The Bertz CT molecular complexity index is 564. The van der Waals surface area contributed by atoms with Gasteiger partial charge in [0.25, 0.3) is 0 Å². The van der Waals surface area contributed by atoms with Crippen molar-refractivity contribution in [3.05, 3.63) is 35.4 Å². The lowest BCUT2D eigenvalue weighted by Crippen LogP contribution is -2.45. The molecule has 2 aliphatic rings. The van der Waals surface area contributed by atoms with Crippen molar-refractivity contribution in [2.45, 2.75) is 70.7 Å². The van der Waals surface area contributed by atoms with Gasteiger partial charge in [-0.15, -0.1) is 24.0 Å². The molecule has 1 heterocycles. The molecule has 0 bridgehead atoms. The van der Waals surface area contributed by atoms with Gasteiger partial charge in [-0.1, -0.05) is 24.3 Å². The Morgan fingerprint density at radius 3 is 2.33 bits per heavy atom. The molecule has 1 saturated carbocycles. The summed E-state index contributed by atoms with van der Waals surface area (Å²) in [5, 5.41) is 16.5. The van der Waals surface area contributed by atoms with Crippen LogP contribution in [0.2, 0.25) is 0 Å². The van der Waals surface area contributed by atoms with Crippen molar-refractivity contribution in [1.82, 2.24) is 15.5 Å². The number of nitrogens with zero attached hydrogens (tertiary/aromatic N) is 2. The van der Waals surface area contributed by atoms with E-state index in [0.29, 0.717) is 12.6 Å². The minimum atomic E-state index is -0.119. The number of hydrogen-bond acceptors (Lipinski definition) is 3. The molecule has 27 heavy (non-hydrogen) atoms. The van der Waals surface area contributed by atoms with Gasteiger partial charge in [0.2, 0.25) is 0 Å². The van der Waals surface area contributed by atoms with Crippen molar-refractivity contribution < 1.29 is 5.11 Å². The van der Waals surface area contributed by atoms with E-state index in [2.05, 4.69) is 46.7 Å². The number of aliphatic hydroxyl groups is 1. The van der Waals surface area contributed by atoms with Gasteiger partial charge in [-0.2, -0.15) is 0 Å². The molecule has 3 N–H and O–H groups in total. The molecule has 0 amide bonds. The van der Waals surface area contributed by atoms with Gasteiger partial charge in [0, 0.05) is 19.1 Å². The molecule has 3 rings (SSSR count). The predicted molar refractivity (Wildman–Crippen MR) is 123 cm³/mol. The smallest absolute Gasteiger partial charge is 0.191 e. The molecule has 1 aromatic carbocycles. The Hall–Kier alpha value is -0.860. The topological polar surface area (TPSA) is 59.9 Å². The van der Waals surface area contributed by atoms with Gasteiger partial charge in [0.1, 0.15) is 0 Å². The first-order valence-corrected chi connectivity index (χ1v) is 10.3. The highest BCUT2D eigenvalue weighted by Crippen LogP contribution is 2.18. The van der Waals surface area contributed by atoms with Crippen molar-refractivity contribution in [1.29, 1.82) is 0 Å². The molecular weight excluding hydrogens is 451 g/mol. The lowest BCUT2D eigenvalue weighted by Gasteiger charge is -2.27. The van der Waals surface area contributed by atoms with Crippen molar-refractivity contribution in [3.8, 4) is 0 Å². The number of nitrogens with one attached hydrogen (secondary N) is 2. The Morgan fingerprint density at radius 2 is 1.70 bits per heavy atom. The second-order valence-corrected chi connectivity index (χ2v) is 7.64. The molecule has 1 aliphatic heterocycles. The van der Waals surface area contributed by atoms with Crippen LogP contribution in [-0.4, -0.2) is 47.7 Å². The third-order valence-electron chi connectivity index (χ3n) is 5.43. The molecule has 2 fully saturated rings. The maximum atomic E-state index is 9.65. The van der Waals surface area contributed by atoms with Gasteiger partial charge in [0.05, 0.1) is 12.6 Å². The van der Waals surface area contributed by atoms with Crippen LogP contribution in [0, 0.1) is 0 Å². The second-order valence-electron chi connectivity index (χ2n) is 7.64. The van der Waals surface area contributed by atoms with Gasteiger partial charge in [0.15, 0.2) is 5.96 Å². The lowest BCUT2D eigenvalue weighted by atomic mass is 9.93. The zero-order valence-corrected chi connectivity index (χ0v) is 18.8. The van der Waals surface area contributed by atoms with E-state index in [-0.39, 0.29) is 30.1 Å². The fraction of sp³-hybridized carbons (Fsp3) is 0.667. The van der Waals surface area contributed by atoms with Crippen molar-refractivity contribution in [2.75, 3.05) is 19.6 Å². The molecule has 1 aromatic rings. The highest BCUT2D eigenvalue weighted by atomic mass is 127. The van der Waals surface area contributed by atoms with Gasteiger partial charge in [-0.25, -0.2) is 4.99 Å². The maximum absolute atomic E-state index is 9.65. The van der Waals surface area contributed by atoms with E-state index in [1.165, 1.54) is 37.1 Å². The third kappa shape index (κ3) is 7.58. The summed E-state index contributed by atoms with van der Waals surface area (Å²) < 4.78 is 0. The Balaban J connectivity index is 0.00000261. The number of hydrogen-bond donors (Lipinski definition) is 3. The second kappa shape index (κ2) is 11.9. The standard InChI is InChI=1S/C21H34N4O.HI/c1-2-22-21(24-19-9-11-20(26)12-10-19)23-15-17-5-7-18(8-6-17)16-25-13-3-4-14-25;/h5-8,19-20,26H,2-4,9-16H2,1H3,(H2,22,23,24);1H. The number of halogens is 1. The first-order valence-electron chi connectivity index (χ1n) is 10.3. The molecule has 5 nitrogen and oxygen atoms in total. The van der Waals surface area contributed by atoms with E-state index in [0.717, 1.165) is 44.7 Å². The molecule has 1 saturated heterocycles. The third-order valence-corrected chi connectivity index (χ3v) is 5.43. The summed E-state index contributed by atoms with van der Waals surface area (Å²) in [4.78, 5) is 7.28. The highest BCUT2D eigenvalue weighted by Gasteiger charge is 2.19. The molecule has 0 spiro atoms. The number of likely N-dealkylation sites (tertiary alicyclic amines) is 1. The van der Waals surface area contributed by atoms with E-state index < -0.39 is 0 Å². The largest absolute Gasteiger partial charge is 0.393 e. The Kier molecular flexibility index (Phi) is 9.86. The van der Waals surface area contributed by atoms with Crippen LogP contribution in [0.25, 0.3) is 0 Å². The number of aliphatic hydroxyl groups excluding tert-OH is 1. The molecular formula is C21H35IN4O. The SMILES string of the molecule is CCNC(=NCc1ccc(CN2CCCC2)cc1)NC1CCC(O)CC1.I. The van der Waals surface area contributed by atoms with E-state index in [1.54, 1.807) is 0 Å². The fourth-order valence-corrected chi connectivity index (χ4v) is 3.85. The number of rotatable bonds is 6. The minimum Gasteiger partial charge on any atom is -0.393 e.